The minimum Gasteiger partial charge on any atom is -0.390 e. The van der Waals surface area contributed by atoms with Gasteiger partial charge in [-0.25, -0.2) is 23.1 Å². The van der Waals surface area contributed by atoms with Crippen LogP contribution in [0, 0.1) is 0 Å². The van der Waals surface area contributed by atoms with Crippen molar-refractivity contribution in [3.63, 3.8) is 0 Å². The lowest BCUT2D eigenvalue weighted by molar-refractivity contribution is -0.0450. The molecule has 19 nitrogen and oxygen atoms in total. The molecular weight excluding hydrogens is 532 g/mol. The quantitative estimate of drug-likeness (QED) is 0.166. The second-order valence-corrected chi connectivity index (χ2v) is 11.9. The highest BCUT2D eigenvalue weighted by molar-refractivity contribution is 7.69. The van der Waals surface area contributed by atoms with Crippen LogP contribution in [-0.2, 0) is 40.5 Å². The molecule has 0 radical (unpaired) electrons. The first kappa shape index (κ1) is 27.4. The van der Waals surface area contributed by atoms with E-state index in [4.69, 9.17) is 19.4 Å². The van der Waals surface area contributed by atoms with Crippen molar-refractivity contribution in [3.05, 3.63) is 33.1 Å². The number of nitrogens with zero attached hydrogens (tertiary/aromatic N) is 1. The molecule has 3 unspecified atom stereocenters. The Bertz CT molecular complexity index is 1140. The van der Waals surface area contributed by atoms with Crippen LogP contribution in [0.5, 0.6) is 0 Å². The fourth-order valence-corrected chi connectivity index (χ4v) is 6.77. The molecule has 0 spiro atoms. The van der Waals surface area contributed by atoms with Crippen molar-refractivity contribution < 1.29 is 70.0 Å². The number of aromatic nitrogens is 2. The van der Waals surface area contributed by atoms with E-state index in [0.717, 1.165) is 16.8 Å². The van der Waals surface area contributed by atoms with Crippen LogP contribution in [0.3, 0.4) is 0 Å². The van der Waals surface area contributed by atoms with Crippen molar-refractivity contribution in [3.8, 4) is 0 Å². The Hall–Kier alpha value is -0.840. The van der Waals surface area contributed by atoms with E-state index < -0.39 is 67.6 Å². The smallest absolute Gasteiger partial charge is 0.390 e. The third-order valence-corrected chi connectivity index (χ3v) is 8.84. The summed E-state index contributed by atoms with van der Waals surface area (Å²) in [7, 11) is -23.1. The van der Waals surface area contributed by atoms with Crippen molar-refractivity contribution in [1.82, 2.24) is 9.55 Å². The number of aromatic amines is 1. The monoisotopic (exact) mass is 548 g/mol. The standard InChI is InChI=1S/C9H16N2O17P4/c12-5-3-8(11-2-1-7(13)10-9(11)14)25-6(5)4-24-30(18,19)27-32(22,23)28-31(20,21)26-29(15,16)17/h1-2,5-6,8,12H,3-4H2,(H,18,19)(H,20,21)(H,22,23)(H,10,13,14)(H2,15,16,17)/t5-,6+,8+/m0/s1. The zero-order chi connectivity index (χ0) is 24.5. The van der Waals surface area contributed by atoms with Gasteiger partial charge in [-0.1, -0.05) is 0 Å². The predicted octanol–water partition coefficient (Wildman–Crippen LogP) is -1.35. The number of hydrogen-bond donors (Lipinski definition) is 7. The molecule has 1 aliphatic heterocycles. The number of H-pyrrole nitrogens is 1. The van der Waals surface area contributed by atoms with E-state index in [0.29, 0.717) is 0 Å². The highest BCUT2D eigenvalue weighted by Crippen LogP contribution is 2.70. The SMILES string of the molecule is O=c1ccn([C@H]2C[C@H](O)[C@@H](COP(=O)(O)OP(=O)(O)OP(=O)(O)OP(=O)(O)O)O2)c(=O)[nH]1. The maximum Gasteiger partial charge on any atom is 0.490 e. The van der Waals surface area contributed by atoms with E-state index >= 15 is 0 Å². The van der Waals surface area contributed by atoms with Crippen molar-refractivity contribution in [2.75, 3.05) is 6.61 Å². The average molecular weight is 548 g/mol. The number of aliphatic hydroxyl groups is 1. The van der Waals surface area contributed by atoms with Crippen LogP contribution in [0.2, 0.25) is 0 Å². The lowest BCUT2D eigenvalue weighted by Crippen LogP contribution is -2.31. The van der Waals surface area contributed by atoms with Crippen LogP contribution < -0.4 is 11.2 Å². The van der Waals surface area contributed by atoms with Gasteiger partial charge in [0, 0.05) is 18.7 Å². The largest absolute Gasteiger partial charge is 0.490 e. The number of aliphatic hydroxyl groups excluding tert-OH is 1. The molecule has 2 heterocycles. The minimum absolute atomic E-state index is 0.231. The lowest BCUT2D eigenvalue weighted by atomic mass is 10.2. The van der Waals surface area contributed by atoms with Crippen molar-refractivity contribution in [2.45, 2.75) is 24.9 Å². The number of phosphoric acid groups is 4. The van der Waals surface area contributed by atoms with Gasteiger partial charge in [-0.15, -0.1) is 0 Å². The van der Waals surface area contributed by atoms with Crippen molar-refractivity contribution in [2.24, 2.45) is 0 Å². The topological polar surface area (TPSA) is 291 Å². The summed E-state index contributed by atoms with van der Waals surface area (Å²) >= 11 is 0. The molecule has 1 fully saturated rings. The maximum absolute atomic E-state index is 11.8. The third-order valence-electron chi connectivity index (χ3n) is 3.39. The molecule has 1 aromatic heterocycles. The molecular formula is C9H16N2O17P4. The van der Waals surface area contributed by atoms with Crippen LogP contribution in [0.15, 0.2) is 21.9 Å². The molecule has 0 saturated carbocycles. The number of phosphoric ester groups is 1. The summed E-state index contributed by atoms with van der Waals surface area (Å²) in [6.45, 7) is -0.973. The van der Waals surface area contributed by atoms with E-state index in [2.05, 4.69) is 17.5 Å². The summed E-state index contributed by atoms with van der Waals surface area (Å²) < 4.78 is 66.0. The minimum atomic E-state index is -5.97. The summed E-state index contributed by atoms with van der Waals surface area (Å²) in [6.07, 6.45) is -3.06. The van der Waals surface area contributed by atoms with Crippen LogP contribution >= 0.6 is 31.3 Å². The Morgan fingerprint density at radius 2 is 1.56 bits per heavy atom. The molecule has 32 heavy (non-hydrogen) atoms. The van der Waals surface area contributed by atoms with Gasteiger partial charge in [0.25, 0.3) is 5.56 Å². The molecule has 0 aromatic carbocycles. The number of nitrogens with one attached hydrogen (secondary N) is 1. The fourth-order valence-electron chi connectivity index (χ4n) is 2.31. The molecule has 1 saturated heterocycles. The van der Waals surface area contributed by atoms with Gasteiger partial charge in [0.1, 0.15) is 12.3 Å². The molecule has 0 amide bonds. The molecule has 2 rings (SSSR count). The molecule has 1 aliphatic rings. The van der Waals surface area contributed by atoms with Crippen LogP contribution in [0.4, 0.5) is 0 Å². The number of hydrogen-bond acceptors (Lipinski definition) is 12. The van der Waals surface area contributed by atoms with Crippen LogP contribution in [-0.4, -0.2) is 57.9 Å². The molecule has 184 valence electrons. The average Bonchev–Trinajstić information content (AvgIpc) is 2.89. The molecule has 7 N–H and O–H groups in total. The summed E-state index contributed by atoms with van der Waals surface area (Å²) in [5.74, 6) is 0. The summed E-state index contributed by atoms with van der Waals surface area (Å²) in [5, 5.41) is 9.96. The van der Waals surface area contributed by atoms with Gasteiger partial charge >= 0.3 is 37.0 Å². The second-order valence-electron chi connectivity index (χ2n) is 5.89. The predicted molar refractivity (Wildman–Crippen MR) is 96.6 cm³/mol. The van der Waals surface area contributed by atoms with Gasteiger partial charge in [-0.05, 0) is 0 Å². The zero-order valence-electron chi connectivity index (χ0n) is 15.2. The Labute approximate surface area is 176 Å². The molecule has 23 heteroatoms. The highest BCUT2D eigenvalue weighted by Gasteiger charge is 2.46. The first-order valence-corrected chi connectivity index (χ1v) is 13.9. The number of rotatable bonds is 10. The van der Waals surface area contributed by atoms with E-state index in [1.54, 1.807) is 0 Å². The molecule has 1 aromatic rings. The van der Waals surface area contributed by atoms with Crippen LogP contribution in [0.1, 0.15) is 12.6 Å². The zero-order valence-corrected chi connectivity index (χ0v) is 18.8. The molecule has 6 atom stereocenters. The second kappa shape index (κ2) is 9.80. The van der Waals surface area contributed by atoms with Crippen molar-refractivity contribution >= 4 is 31.3 Å². The Kier molecular flexibility index (Phi) is 8.39. The van der Waals surface area contributed by atoms with Gasteiger partial charge in [0.15, 0.2) is 0 Å². The third kappa shape index (κ3) is 8.50. The molecule has 0 bridgehead atoms. The van der Waals surface area contributed by atoms with E-state index in [9.17, 15) is 42.7 Å². The van der Waals surface area contributed by atoms with Gasteiger partial charge < -0.3 is 34.3 Å². The number of ether oxygens (including phenoxy) is 1. The summed E-state index contributed by atoms with van der Waals surface area (Å²) in [6, 6.07) is 0.992. The summed E-state index contributed by atoms with van der Waals surface area (Å²) in [5.41, 5.74) is -1.57. The van der Waals surface area contributed by atoms with E-state index in [-0.39, 0.29) is 6.42 Å². The van der Waals surface area contributed by atoms with E-state index in [1.165, 1.54) is 0 Å². The van der Waals surface area contributed by atoms with Crippen LogP contribution in [0.25, 0.3) is 0 Å². The highest BCUT2D eigenvalue weighted by atomic mass is 31.3. The van der Waals surface area contributed by atoms with Gasteiger partial charge in [-0.2, -0.15) is 12.9 Å². The first-order chi connectivity index (χ1) is 14.4. The van der Waals surface area contributed by atoms with Gasteiger partial charge in [0.05, 0.1) is 12.7 Å². The maximum atomic E-state index is 11.8. The Morgan fingerprint density at radius 1 is 1.00 bits per heavy atom. The first-order valence-electron chi connectivity index (χ1n) is 7.85. The Morgan fingerprint density at radius 3 is 2.12 bits per heavy atom. The van der Waals surface area contributed by atoms with Crippen molar-refractivity contribution in [1.29, 1.82) is 0 Å². The normalized spacial score (nSPS) is 27.4. The molecule has 0 aliphatic carbocycles. The van der Waals surface area contributed by atoms with Gasteiger partial charge in [-0.3, -0.25) is 18.9 Å². The fraction of sp³-hybridized carbons (Fsp3) is 0.556. The van der Waals surface area contributed by atoms with Gasteiger partial charge in [0.2, 0.25) is 0 Å². The van der Waals surface area contributed by atoms with E-state index in [1.807, 2.05) is 4.98 Å². The Balaban J connectivity index is 1.98. The summed E-state index contributed by atoms with van der Waals surface area (Å²) in [4.78, 5) is 69.3. The lowest BCUT2D eigenvalue weighted by Gasteiger charge is -2.20.